The molecule has 60 valence electrons. The Morgan fingerprint density at radius 1 is 1.20 bits per heavy atom. The SMILES string of the molecule is C=C(CCC)C(CC)CC. The summed E-state index contributed by atoms with van der Waals surface area (Å²) in [6, 6.07) is 0. The second-order valence-corrected chi connectivity index (χ2v) is 2.92. The first kappa shape index (κ1) is 9.74. The summed E-state index contributed by atoms with van der Waals surface area (Å²) in [6.07, 6.45) is 4.98. The lowest BCUT2D eigenvalue weighted by Crippen LogP contribution is -1.99. The molecule has 0 unspecified atom stereocenters. The molecule has 0 bridgehead atoms. The van der Waals surface area contributed by atoms with Crippen molar-refractivity contribution in [1.29, 1.82) is 0 Å². The molecular weight excluding hydrogens is 120 g/mol. The van der Waals surface area contributed by atoms with E-state index in [-0.39, 0.29) is 0 Å². The normalized spacial score (nSPS) is 10.4. The molecule has 0 N–H and O–H groups in total. The van der Waals surface area contributed by atoms with Gasteiger partial charge in [-0.25, -0.2) is 0 Å². The molecule has 0 nitrogen and oxygen atoms in total. The standard InChI is InChI=1S/C10H20/c1-5-8-9(4)10(6-2)7-3/h10H,4-8H2,1-3H3. The molecule has 0 heteroatoms. The van der Waals surface area contributed by atoms with Crippen LogP contribution in [0.2, 0.25) is 0 Å². The van der Waals surface area contributed by atoms with Crippen molar-refractivity contribution in [3.05, 3.63) is 12.2 Å². The molecule has 0 spiro atoms. The Hall–Kier alpha value is -0.260. The summed E-state index contributed by atoms with van der Waals surface area (Å²) >= 11 is 0. The predicted molar refractivity (Wildman–Crippen MR) is 48.1 cm³/mol. The van der Waals surface area contributed by atoms with Crippen molar-refractivity contribution >= 4 is 0 Å². The number of hydrogen-bond donors (Lipinski definition) is 0. The number of allylic oxidation sites excluding steroid dienone is 1. The van der Waals surface area contributed by atoms with Crippen molar-refractivity contribution in [1.82, 2.24) is 0 Å². The zero-order valence-electron chi connectivity index (χ0n) is 7.61. The van der Waals surface area contributed by atoms with Crippen LogP contribution in [0.4, 0.5) is 0 Å². The molecule has 0 aliphatic carbocycles. The monoisotopic (exact) mass is 140 g/mol. The van der Waals surface area contributed by atoms with E-state index in [9.17, 15) is 0 Å². The van der Waals surface area contributed by atoms with Crippen LogP contribution in [0.5, 0.6) is 0 Å². The Morgan fingerprint density at radius 2 is 1.70 bits per heavy atom. The van der Waals surface area contributed by atoms with E-state index >= 15 is 0 Å². The van der Waals surface area contributed by atoms with E-state index in [2.05, 4.69) is 27.4 Å². The van der Waals surface area contributed by atoms with Crippen LogP contribution < -0.4 is 0 Å². The fourth-order valence-corrected chi connectivity index (χ4v) is 1.39. The first-order valence-electron chi connectivity index (χ1n) is 4.43. The molecule has 0 aromatic carbocycles. The molecule has 0 atom stereocenters. The molecule has 0 saturated carbocycles. The third-order valence-corrected chi connectivity index (χ3v) is 2.13. The third-order valence-electron chi connectivity index (χ3n) is 2.13. The topological polar surface area (TPSA) is 0 Å². The lowest BCUT2D eigenvalue weighted by atomic mass is 9.92. The molecule has 0 aromatic heterocycles. The molecule has 10 heavy (non-hydrogen) atoms. The van der Waals surface area contributed by atoms with Crippen LogP contribution in [0.1, 0.15) is 46.5 Å². The molecule has 0 aliphatic rings. The van der Waals surface area contributed by atoms with Gasteiger partial charge in [-0.3, -0.25) is 0 Å². The minimum atomic E-state index is 0.778. The Balaban J connectivity index is 3.65. The highest BCUT2D eigenvalue weighted by Crippen LogP contribution is 2.20. The second kappa shape index (κ2) is 5.52. The predicted octanol–water partition coefficient (Wildman–Crippen LogP) is 3.78. The lowest BCUT2D eigenvalue weighted by Gasteiger charge is -2.14. The van der Waals surface area contributed by atoms with Gasteiger partial charge in [0.05, 0.1) is 0 Å². The highest BCUT2D eigenvalue weighted by molar-refractivity contribution is 4.99. The summed E-state index contributed by atoms with van der Waals surface area (Å²) in [4.78, 5) is 0. The van der Waals surface area contributed by atoms with Crippen molar-refractivity contribution in [2.24, 2.45) is 5.92 Å². The minimum Gasteiger partial charge on any atom is -0.0996 e. The van der Waals surface area contributed by atoms with Gasteiger partial charge in [-0.15, -0.1) is 0 Å². The molecule has 0 fully saturated rings. The second-order valence-electron chi connectivity index (χ2n) is 2.92. The van der Waals surface area contributed by atoms with E-state index in [1.807, 2.05) is 0 Å². The van der Waals surface area contributed by atoms with E-state index in [0.29, 0.717) is 0 Å². The van der Waals surface area contributed by atoms with Crippen molar-refractivity contribution in [3.63, 3.8) is 0 Å². The van der Waals surface area contributed by atoms with E-state index in [0.717, 1.165) is 5.92 Å². The van der Waals surface area contributed by atoms with Crippen molar-refractivity contribution in [3.8, 4) is 0 Å². The Kier molecular flexibility index (Phi) is 5.38. The van der Waals surface area contributed by atoms with Crippen molar-refractivity contribution in [2.75, 3.05) is 0 Å². The van der Waals surface area contributed by atoms with Crippen molar-refractivity contribution in [2.45, 2.75) is 46.5 Å². The average molecular weight is 140 g/mol. The minimum absolute atomic E-state index is 0.778. The zero-order valence-corrected chi connectivity index (χ0v) is 7.61. The highest BCUT2D eigenvalue weighted by Gasteiger charge is 2.05. The number of rotatable bonds is 5. The van der Waals surface area contributed by atoms with Crippen LogP contribution in [0.3, 0.4) is 0 Å². The zero-order chi connectivity index (χ0) is 7.98. The molecule has 0 rings (SSSR count). The lowest BCUT2D eigenvalue weighted by molar-refractivity contribution is 0.549. The molecule has 0 saturated heterocycles. The largest absolute Gasteiger partial charge is 0.0996 e. The molecule has 0 aliphatic heterocycles. The molecule has 0 aromatic rings. The third kappa shape index (κ3) is 3.05. The quantitative estimate of drug-likeness (QED) is 0.510. The van der Waals surface area contributed by atoms with Gasteiger partial charge in [-0.05, 0) is 25.2 Å². The summed E-state index contributed by atoms with van der Waals surface area (Å²) in [6.45, 7) is 10.8. The summed E-state index contributed by atoms with van der Waals surface area (Å²) < 4.78 is 0. The Labute approximate surface area is 65.3 Å². The van der Waals surface area contributed by atoms with Gasteiger partial charge in [0.25, 0.3) is 0 Å². The van der Waals surface area contributed by atoms with E-state index in [4.69, 9.17) is 0 Å². The maximum Gasteiger partial charge on any atom is -0.0211 e. The molecule has 0 radical (unpaired) electrons. The Morgan fingerprint density at radius 3 is 2.00 bits per heavy atom. The van der Waals surface area contributed by atoms with Crippen LogP contribution >= 0.6 is 0 Å². The van der Waals surface area contributed by atoms with Gasteiger partial charge >= 0.3 is 0 Å². The van der Waals surface area contributed by atoms with Gasteiger partial charge in [0.2, 0.25) is 0 Å². The Bertz CT molecular complexity index is 88.2. The van der Waals surface area contributed by atoms with Crippen LogP contribution in [-0.2, 0) is 0 Å². The fraction of sp³-hybridized carbons (Fsp3) is 0.800. The molecular formula is C10H20. The maximum absolute atomic E-state index is 4.09. The summed E-state index contributed by atoms with van der Waals surface area (Å²) in [5.41, 5.74) is 1.45. The van der Waals surface area contributed by atoms with Gasteiger partial charge in [0.15, 0.2) is 0 Å². The smallest absolute Gasteiger partial charge is 0.0211 e. The molecule has 0 heterocycles. The van der Waals surface area contributed by atoms with Crippen LogP contribution in [0.25, 0.3) is 0 Å². The summed E-state index contributed by atoms with van der Waals surface area (Å²) in [5, 5.41) is 0. The first-order valence-corrected chi connectivity index (χ1v) is 4.43. The first-order chi connectivity index (χ1) is 4.76. The van der Waals surface area contributed by atoms with Gasteiger partial charge in [0.1, 0.15) is 0 Å². The summed E-state index contributed by atoms with van der Waals surface area (Å²) in [7, 11) is 0. The van der Waals surface area contributed by atoms with Gasteiger partial charge in [-0.2, -0.15) is 0 Å². The van der Waals surface area contributed by atoms with Crippen LogP contribution in [0.15, 0.2) is 12.2 Å². The van der Waals surface area contributed by atoms with Gasteiger partial charge in [-0.1, -0.05) is 39.3 Å². The van der Waals surface area contributed by atoms with Crippen LogP contribution in [-0.4, -0.2) is 0 Å². The number of hydrogen-bond acceptors (Lipinski definition) is 0. The van der Waals surface area contributed by atoms with E-state index in [1.165, 1.54) is 31.3 Å². The van der Waals surface area contributed by atoms with E-state index in [1.54, 1.807) is 0 Å². The fourth-order valence-electron chi connectivity index (χ4n) is 1.39. The highest BCUT2D eigenvalue weighted by atomic mass is 14.1. The van der Waals surface area contributed by atoms with Gasteiger partial charge < -0.3 is 0 Å². The average Bonchev–Trinajstić information content (AvgIpc) is 1.91. The van der Waals surface area contributed by atoms with E-state index < -0.39 is 0 Å². The maximum atomic E-state index is 4.09. The van der Waals surface area contributed by atoms with Crippen LogP contribution in [0, 0.1) is 5.92 Å². The summed E-state index contributed by atoms with van der Waals surface area (Å²) in [5.74, 6) is 0.778. The van der Waals surface area contributed by atoms with Crippen molar-refractivity contribution < 1.29 is 0 Å². The van der Waals surface area contributed by atoms with Gasteiger partial charge in [0, 0.05) is 0 Å². The molecule has 0 amide bonds.